The van der Waals surface area contributed by atoms with Crippen molar-refractivity contribution in [2.24, 2.45) is 0 Å². The van der Waals surface area contributed by atoms with Crippen LogP contribution in [0.2, 0.25) is 0 Å². The van der Waals surface area contributed by atoms with Gasteiger partial charge >= 0.3 is 0 Å². The molecule has 4 heteroatoms. The summed E-state index contributed by atoms with van der Waals surface area (Å²) in [7, 11) is 0. The van der Waals surface area contributed by atoms with Gasteiger partial charge in [0.2, 0.25) is 0 Å². The van der Waals surface area contributed by atoms with E-state index in [2.05, 4.69) is 16.2 Å². The summed E-state index contributed by atoms with van der Waals surface area (Å²) in [5, 5.41) is 11.9. The Morgan fingerprint density at radius 1 is 1.60 bits per heavy atom. The van der Waals surface area contributed by atoms with E-state index in [4.69, 9.17) is 11.7 Å². The number of thioether (sulfide) groups is 1. The maximum atomic E-state index is 8.77. The molecule has 0 radical (unpaired) electrons. The molecule has 1 heterocycles. The third-order valence-corrected chi connectivity index (χ3v) is 2.52. The van der Waals surface area contributed by atoms with Crippen LogP contribution in [0, 0.1) is 23.7 Å². The topological polar surface area (TPSA) is 48.7 Å². The van der Waals surface area contributed by atoms with Crippen LogP contribution in [0.5, 0.6) is 0 Å². The number of hydrogen-bond acceptors (Lipinski definition) is 4. The number of nitriles is 1. The number of pyridine rings is 1. The highest BCUT2D eigenvalue weighted by atomic mass is 32.2. The summed E-state index contributed by atoms with van der Waals surface area (Å²) in [5.41, 5.74) is 1.21. The molecule has 0 saturated carbocycles. The van der Waals surface area contributed by atoms with Crippen molar-refractivity contribution in [1.29, 1.82) is 5.26 Å². The highest BCUT2D eigenvalue weighted by Crippen LogP contribution is 2.10. The Morgan fingerprint density at radius 3 is 3.20 bits per heavy atom. The Balaban J connectivity index is 2.38. The van der Waals surface area contributed by atoms with Crippen LogP contribution in [-0.4, -0.2) is 23.0 Å². The molecule has 0 spiro atoms. The predicted octanol–water partition coefficient (Wildman–Crippen LogP) is 1.73. The lowest BCUT2D eigenvalue weighted by molar-refractivity contribution is 1.18. The summed E-state index contributed by atoms with van der Waals surface area (Å²) in [5.74, 6) is 4.20. The van der Waals surface area contributed by atoms with Crippen molar-refractivity contribution in [3.05, 3.63) is 24.0 Å². The van der Waals surface area contributed by atoms with Crippen LogP contribution >= 0.6 is 11.8 Å². The van der Waals surface area contributed by atoms with Gasteiger partial charge in [-0.1, -0.05) is 5.92 Å². The predicted molar refractivity (Wildman–Crippen MR) is 63.6 cm³/mol. The molecule has 0 amide bonds. The van der Waals surface area contributed by atoms with Crippen LogP contribution < -0.4 is 5.32 Å². The molecule has 0 unspecified atom stereocenters. The fourth-order valence-corrected chi connectivity index (χ4v) is 1.53. The molecule has 76 valence electrons. The van der Waals surface area contributed by atoms with Gasteiger partial charge in [0.05, 0.1) is 11.4 Å². The summed E-state index contributed by atoms with van der Waals surface area (Å²) in [6, 6.07) is 5.68. The van der Waals surface area contributed by atoms with Gasteiger partial charge in [-0.25, -0.2) is 4.98 Å². The van der Waals surface area contributed by atoms with E-state index in [0.717, 1.165) is 23.7 Å². The minimum absolute atomic E-state index is 0.430. The fraction of sp³-hybridized carbons (Fsp3) is 0.273. The van der Waals surface area contributed by atoms with Crippen LogP contribution in [0.15, 0.2) is 18.3 Å². The van der Waals surface area contributed by atoms with Gasteiger partial charge in [-0.2, -0.15) is 5.26 Å². The van der Waals surface area contributed by atoms with Gasteiger partial charge in [0.25, 0.3) is 0 Å². The molecule has 3 nitrogen and oxygen atoms in total. The van der Waals surface area contributed by atoms with Crippen LogP contribution in [0.25, 0.3) is 0 Å². The van der Waals surface area contributed by atoms with E-state index in [1.807, 2.05) is 12.1 Å². The molecule has 1 rings (SSSR count). The number of hydrogen-bond donors (Lipinski definition) is 1. The Kier molecular flexibility index (Phi) is 5.14. The molecule has 1 aromatic rings. The van der Waals surface area contributed by atoms with Gasteiger partial charge < -0.3 is 5.32 Å². The van der Waals surface area contributed by atoms with Gasteiger partial charge in [0.15, 0.2) is 5.69 Å². The summed E-state index contributed by atoms with van der Waals surface area (Å²) < 4.78 is 0. The van der Waals surface area contributed by atoms with E-state index < -0.39 is 0 Å². The summed E-state index contributed by atoms with van der Waals surface area (Å²) >= 11 is 1.68. The zero-order valence-electron chi connectivity index (χ0n) is 8.23. The second kappa shape index (κ2) is 6.75. The second-order valence-corrected chi connectivity index (χ2v) is 3.80. The first-order valence-electron chi connectivity index (χ1n) is 4.48. The van der Waals surface area contributed by atoms with Gasteiger partial charge in [0, 0.05) is 18.5 Å². The molecule has 0 saturated heterocycles. The summed E-state index contributed by atoms with van der Waals surface area (Å²) in [4.78, 5) is 3.95. The third-order valence-electron chi connectivity index (χ3n) is 1.66. The normalized spacial score (nSPS) is 8.93. The molecule has 15 heavy (non-hydrogen) atoms. The molecule has 0 atom stereocenters. The molecule has 0 bridgehead atoms. The van der Waals surface area contributed by atoms with Crippen molar-refractivity contribution in [1.82, 2.24) is 4.98 Å². The lowest BCUT2D eigenvalue weighted by atomic mass is 10.3. The fourth-order valence-electron chi connectivity index (χ4n) is 1.03. The monoisotopic (exact) mass is 217 g/mol. The van der Waals surface area contributed by atoms with Gasteiger partial charge in [-0.15, -0.1) is 18.2 Å². The molecule has 0 aromatic carbocycles. The van der Waals surface area contributed by atoms with Crippen LogP contribution in [0.3, 0.4) is 0 Å². The van der Waals surface area contributed by atoms with Crippen molar-refractivity contribution >= 4 is 17.4 Å². The lowest BCUT2D eigenvalue weighted by Gasteiger charge is -2.05. The standard InChI is InChI=1S/C11H11N3S/c1-2-7-15-8-6-14-10-4-3-5-13-11(10)9-12/h1,3-5,14H,6-8H2. The summed E-state index contributed by atoms with van der Waals surface area (Å²) in [6.07, 6.45) is 6.73. The van der Waals surface area contributed by atoms with Crippen molar-refractivity contribution < 1.29 is 0 Å². The molecule has 0 aliphatic rings. The first-order chi connectivity index (χ1) is 7.38. The summed E-state index contributed by atoms with van der Waals surface area (Å²) in [6.45, 7) is 0.784. The number of aromatic nitrogens is 1. The smallest absolute Gasteiger partial charge is 0.163 e. The highest BCUT2D eigenvalue weighted by molar-refractivity contribution is 7.99. The van der Waals surface area contributed by atoms with E-state index in [9.17, 15) is 0 Å². The number of nitrogens with one attached hydrogen (secondary N) is 1. The Bertz CT molecular complexity index is 390. The van der Waals surface area contributed by atoms with E-state index in [0.29, 0.717) is 5.69 Å². The average Bonchev–Trinajstić information content (AvgIpc) is 2.29. The van der Waals surface area contributed by atoms with Crippen LogP contribution in [0.4, 0.5) is 5.69 Å². The SMILES string of the molecule is C#CCSCCNc1cccnc1C#N. The van der Waals surface area contributed by atoms with E-state index in [1.54, 1.807) is 24.0 Å². The van der Waals surface area contributed by atoms with Gasteiger partial charge in [-0.05, 0) is 12.1 Å². The second-order valence-electron chi connectivity index (χ2n) is 2.69. The molecule has 0 fully saturated rings. The van der Waals surface area contributed by atoms with Crippen molar-refractivity contribution in [3.8, 4) is 18.4 Å². The first kappa shape index (κ1) is 11.4. The van der Waals surface area contributed by atoms with Gasteiger partial charge in [-0.3, -0.25) is 0 Å². The third kappa shape index (κ3) is 3.93. The highest BCUT2D eigenvalue weighted by Gasteiger charge is 1.99. The quantitative estimate of drug-likeness (QED) is 0.603. The lowest BCUT2D eigenvalue weighted by Crippen LogP contribution is -2.06. The molecule has 1 aromatic heterocycles. The average molecular weight is 217 g/mol. The molecular weight excluding hydrogens is 206 g/mol. The van der Waals surface area contributed by atoms with E-state index >= 15 is 0 Å². The van der Waals surface area contributed by atoms with Crippen LogP contribution in [0.1, 0.15) is 5.69 Å². The van der Waals surface area contributed by atoms with E-state index in [-0.39, 0.29) is 0 Å². The number of anilines is 1. The molecular formula is C11H11N3S. The van der Waals surface area contributed by atoms with Crippen molar-refractivity contribution in [3.63, 3.8) is 0 Å². The minimum atomic E-state index is 0.430. The first-order valence-corrected chi connectivity index (χ1v) is 5.64. The molecule has 0 aliphatic heterocycles. The molecule has 0 aliphatic carbocycles. The minimum Gasteiger partial charge on any atom is -0.382 e. The molecule has 1 N–H and O–H groups in total. The van der Waals surface area contributed by atoms with E-state index in [1.165, 1.54) is 0 Å². The Morgan fingerprint density at radius 2 is 2.47 bits per heavy atom. The number of rotatable bonds is 5. The van der Waals surface area contributed by atoms with Gasteiger partial charge in [0.1, 0.15) is 6.07 Å². The zero-order chi connectivity index (χ0) is 10.9. The number of nitrogens with zero attached hydrogens (tertiary/aromatic N) is 2. The largest absolute Gasteiger partial charge is 0.382 e. The zero-order valence-corrected chi connectivity index (χ0v) is 9.05. The van der Waals surface area contributed by atoms with Crippen molar-refractivity contribution in [2.75, 3.05) is 23.4 Å². The van der Waals surface area contributed by atoms with Crippen molar-refractivity contribution in [2.45, 2.75) is 0 Å². The number of terminal acetylenes is 1. The van der Waals surface area contributed by atoms with Crippen LogP contribution in [-0.2, 0) is 0 Å². The Hall–Kier alpha value is -1.65. The Labute approximate surface area is 93.9 Å². The maximum Gasteiger partial charge on any atom is 0.163 e. The maximum absolute atomic E-state index is 8.77.